The Morgan fingerprint density at radius 2 is 2.22 bits per heavy atom. The summed E-state index contributed by atoms with van der Waals surface area (Å²) in [6.45, 7) is 4.33. The number of hydrogen-bond acceptors (Lipinski definition) is 3. The molecule has 50 valence electrons. The van der Waals surface area contributed by atoms with Gasteiger partial charge in [-0.2, -0.15) is 0 Å². The standard InChI is InChI=1S/C6H11N3/c1-6(8)9-5-3-2-4-7/h9H,1,4-5,7-8H2. The molecule has 0 atom stereocenters. The first-order valence-corrected chi connectivity index (χ1v) is 2.61. The summed E-state index contributed by atoms with van der Waals surface area (Å²) in [4.78, 5) is 0. The van der Waals surface area contributed by atoms with Gasteiger partial charge in [0.1, 0.15) is 0 Å². The van der Waals surface area contributed by atoms with Gasteiger partial charge in [0.2, 0.25) is 0 Å². The molecule has 0 saturated carbocycles. The van der Waals surface area contributed by atoms with Gasteiger partial charge in [0, 0.05) is 0 Å². The van der Waals surface area contributed by atoms with Crippen molar-refractivity contribution < 1.29 is 0 Å². The second-order valence-electron chi connectivity index (χ2n) is 1.44. The molecule has 5 N–H and O–H groups in total. The van der Waals surface area contributed by atoms with Gasteiger partial charge in [0.25, 0.3) is 0 Å². The van der Waals surface area contributed by atoms with Gasteiger partial charge in [0.15, 0.2) is 0 Å². The Kier molecular flexibility index (Phi) is 4.37. The fraction of sp³-hybridized carbons (Fsp3) is 0.333. The second-order valence-corrected chi connectivity index (χ2v) is 1.44. The SMILES string of the molecule is C=C(N)NCC#CCN. The molecular formula is C6H11N3. The van der Waals surface area contributed by atoms with E-state index in [0.717, 1.165) is 0 Å². The summed E-state index contributed by atoms with van der Waals surface area (Å²) in [6.07, 6.45) is 0. The third-order valence-corrected chi connectivity index (χ3v) is 0.631. The van der Waals surface area contributed by atoms with Crippen molar-refractivity contribution in [1.29, 1.82) is 0 Å². The zero-order valence-corrected chi connectivity index (χ0v) is 5.28. The summed E-state index contributed by atoms with van der Waals surface area (Å²) in [5, 5.41) is 2.73. The van der Waals surface area contributed by atoms with Crippen LogP contribution in [0.3, 0.4) is 0 Å². The van der Waals surface area contributed by atoms with Gasteiger partial charge in [-0.15, -0.1) is 0 Å². The van der Waals surface area contributed by atoms with Crippen LogP contribution >= 0.6 is 0 Å². The Bertz CT molecular complexity index is 140. The van der Waals surface area contributed by atoms with E-state index >= 15 is 0 Å². The van der Waals surface area contributed by atoms with E-state index in [-0.39, 0.29) is 0 Å². The quantitative estimate of drug-likeness (QED) is 0.413. The van der Waals surface area contributed by atoms with E-state index in [1.807, 2.05) is 0 Å². The Balaban J connectivity index is 3.19. The minimum Gasteiger partial charge on any atom is -0.386 e. The van der Waals surface area contributed by atoms with Crippen LogP contribution in [0.5, 0.6) is 0 Å². The smallest absolute Gasteiger partial charge is 0.0893 e. The highest BCUT2D eigenvalue weighted by molar-refractivity contribution is 5.03. The molecule has 0 aromatic carbocycles. The highest BCUT2D eigenvalue weighted by atomic mass is 15.0. The predicted octanol–water partition coefficient (Wildman–Crippen LogP) is -1.03. The van der Waals surface area contributed by atoms with Crippen LogP contribution in [0.4, 0.5) is 0 Å². The average Bonchev–Trinajstić information content (AvgIpc) is 1.80. The van der Waals surface area contributed by atoms with Crippen molar-refractivity contribution in [2.45, 2.75) is 0 Å². The molecule has 0 aromatic heterocycles. The monoisotopic (exact) mass is 125 g/mol. The van der Waals surface area contributed by atoms with Crippen LogP contribution in [0.1, 0.15) is 0 Å². The van der Waals surface area contributed by atoms with Crippen molar-refractivity contribution in [3.63, 3.8) is 0 Å². The van der Waals surface area contributed by atoms with Gasteiger partial charge in [-0.3, -0.25) is 0 Å². The molecule has 0 radical (unpaired) electrons. The lowest BCUT2D eigenvalue weighted by molar-refractivity contribution is 0.907. The van der Waals surface area contributed by atoms with Crippen molar-refractivity contribution in [2.24, 2.45) is 11.5 Å². The van der Waals surface area contributed by atoms with E-state index in [9.17, 15) is 0 Å². The Morgan fingerprint density at radius 1 is 1.56 bits per heavy atom. The maximum absolute atomic E-state index is 5.17. The first-order valence-electron chi connectivity index (χ1n) is 2.61. The molecule has 0 aliphatic rings. The molecule has 0 aliphatic carbocycles. The van der Waals surface area contributed by atoms with E-state index in [4.69, 9.17) is 11.5 Å². The van der Waals surface area contributed by atoms with Crippen molar-refractivity contribution in [3.05, 3.63) is 12.4 Å². The average molecular weight is 125 g/mol. The molecule has 0 rings (SSSR count). The molecule has 0 heterocycles. The largest absolute Gasteiger partial charge is 0.386 e. The Hall–Kier alpha value is -1.14. The van der Waals surface area contributed by atoms with Crippen molar-refractivity contribution >= 4 is 0 Å². The van der Waals surface area contributed by atoms with Crippen LogP contribution in [0.2, 0.25) is 0 Å². The summed E-state index contributed by atoms with van der Waals surface area (Å²) in [5.74, 6) is 5.84. The van der Waals surface area contributed by atoms with E-state index in [1.54, 1.807) is 0 Å². The zero-order valence-electron chi connectivity index (χ0n) is 5.28. The molecular weight excluding hydrogens is 114 g/mol. The van der Waals surface area contributed by atoms with Crippen molar-refractivity contribution in [2.75, 3.05) is 13.1 Å². The second kappa shape index (κ2) is 5.01. The summed E-state index contributed by atoms with van der Waals surface area (Å²) in [5.41, 5.74) is 10.3. The van der Waals surface area contributed by atoms with Gasteiger partial charge in [-0.05, 0) is 0 Å². The summed E-state index contributed by atoms with van der Waals surface area (Å²) < 4.78 is 0. The molecule has 0 amide bonds. The van der Waals surface area contributed by atoms with E-state index in [2.05, 4.69) is 23.7 Å². The van der Waals surface area contributed by atoms with Gasteiger partial charge in [0.05, 0.1) is 18.9 Å². The van der Waals surface area contributed by atoms with Gasteiger partial charge < -0.3 is 16.8 Å². The third kappa shape index (κ3) is 6.86. The lowest BCUT2D eigenvalue weighted by atomic mass is 10.5. The molecule has 0 saturated heterocycles. The van der Waals surface area contributed by atoms with E-state index in [1.165, 1.54) is 0 Å². The van der Waals surface area contributed by atoms with Crippen molar-refractivity contribution in [1.82, 2.24) is 5.32 Å². The number of nitrogens with two attached hydrogens (primary N) is 2. The molecule has 0 spiro atoms. The summed E-state index contributed by atoms with van der Waals surface area (Å²) >= 11 is 0. The molecule has 0 aromatic rings. The maximum Gasteiger partial charge on any atom is 0.0893 e. The van der Waals surface area contributed by atoms with Crippen LogP contribution < -0.4 is 16.8 Å². The first-order chi connectivity index (χ1) is 4.27. The summed E-state index contributed by atoms with van der Waals surface area (Å²) in [6, 6.07) is 0. The highest BCUT2D eigenvalue weighted by Crippen LogP contribution is 1.62. The normalized spacial score (nSPS) is 7.22. The lowest BCUT2D eigenvalue weighted by Crippen LogP contribution is -2.18. The van der Waals surface area contributed by atoms with Crippen LogP contribution in [-0.4, -0.2) is 13.1 Å². The molecule has 0 aliphatic heterocycles. The topological polar surface area (TPSA) is 64.1 Å². The Labute approximate surface area is 55.1 Å². The zero-order chi connectivity index (χ0) is 7.11. The maximum atomic E-state index is 5.17. The molecule has 3 nitrogen and oxygen atoms in total. The van der Waals surface area contributed by atoms with Crippen LogP contribution in [0, 0.1) is 11.8 Å². The third-order valence-electron chi connectivity index (χ3n) is 0.631. The van der Waals surface area contributed by atoms with E-state index in [0.29, 0.717) is 18.9 Å². The Morgan fingerprint density at radius 3 is 2.67 bits per heavy atom. The van der Waals surface area contributed by atoms with Crippen LogP contribution in [-0.2, 0) is 0 Å². The van der Waals surface area contributed by atoms with E-state index < -0.39 is 0 Å². The number of hydrogen-bond donors (Lipinski definition) is 3. The summed E-state index contributed by atoms with van der Waals surface area (Å²) in [7, 11) is 0. The predicted molar refractivity (Wildman–Crippen MR) is 38.2 cm³/mol. The van der Waals surface area contributed by atoms with Gasteiger partial charge in [-0.1, -0.05) is 18.4 Å². The van der Waals surface area contributed by atoms with Crippen molar-refractivity contribution in [3.8, 4) is 11.8 Å². The minimum absolute atomic E-state index is 0.388. The fourth-order valence-electron chi connectivity index (χ4n) is 0.292. The fourth-order valence-corrected chi connectivity index (χ4v) is 0.292. The molecule has 0 fully saturated rings. The molecule has 9 heavy (non-hydrogen) atoms. The number of rotatable bonds is 2. The molecule has 0 bridgehead atoms. The highest BCUT2D eigenvalue weighted by Gasteiger charge is 1.75. The number of nitrogens with one attached hydrogen (secondary N) is 1. The minimum atomic E-state index is 0.388. The lowest BCUT2D eigenvalue weighted by Gasteiger charge is -1.95. The van der Waals surface area contributed by atoms with Crippen LogP contribution in [0.25, 0.3) is 0 Å². The molecule has 3 heteroatoms. The van der Waals surface area contributed by atoms with Crippen LogP contribution in [0.15, 0.2) is 12.4 Å². The molecule has 0 unspecified atom stereocenters. The first kappa shape index (κ1) is 7.86. The van der Waals surface area contributed by atoms with Gasteiger partial charge in [-0.25, -0.2) is 0 Å². The van der Waals surface area contributed by atoms with Gasteiger partial charge >= 0.3 is 0 Å².